The molecule has 2 saturated heterocycles. The zero-order valence-electron chi connectivity index (χ0n) is 17.6. The van der Waals surface area contributed by atoms with E-state index in [0.29, 0.717) is 46.5 Å². The average Bonchev–Trinajstić information content (AvgIpc) is 2.78. The number of aromatic amines is 1. The van der Waals surface area contributed by atoms with E-state index < -0.39 is 11.4 Å². The number of nitrogens with zero attached hydrogens (tertiary/aromatic N) is 2. The summed E-state index contributed by atoms with van der Waals surface area (Å²) in [5.74, 6) is 2.06. The van der Waals surface area contributed by atoms with Gasteiger partial charge in [-0.05, 0) is 44.7 Å². The van der Waals surface area contributed by atoms with Crippen LogP contribution in [0.1, 0.15) is 31.5 Å². The van der Waals surface area contributed by atoms with Crippen LogP contribution in [0.2, 0.25) is 0 Å². The summed E-state index contributed by atoms with van der Waals surface area (Å²) in [6.07, 6.45) is 4.08. The average molecular weight is 470 g/mol. The summed E-state index contributed by atoms with van der Waals surface area (Å²) >= 11 is 7.62. The Kier molecular flexibility index (Phi) is 8.09. The topological polar surface area (TPSA) is 67.5 Å². The van der Waals surface area contributed by atoms with Crippen LogP contribution in [-0.4, -0.2) is 65.5 Å². The van der Waals surface area contributed by atoms with E-state index in [-0.39, 0.29) is 5.39 Å². The molecule has 170 valence electrons. The Hall–Kier alpha value is -1.35. The highest BCUT2D eigenvalue weighted by Gasteiger charge is 2.20. The van der Waals surface area contributed by atoms with E-state index in [9.17, 15) is 9.18 Å². The zero-order chi connectivity index (χ0) is 21.6. The molecule has 0 saturated carbocycles. The third kappa shape index (κ3) is 6.12. The number of halogens is 2. The molecule has 0 aliphatic carbocycles. The van der Waals surface area contributed by atoms with Crippen molar-refractivity contribution in [2.24, 2.45) is 5.92 Å². The zero-order valence-corrected chi connectivity index (χ0v) is 19.2. The Morgan fingerprint density at radius 3 is 2.77 bits per heavy atom. The number of likely N-dealkylation sites (tertiary alicyclic amines) is 1. The highest BCUT2D eigenvalue weighted by Crippen LogP contribution is 2.27. The fourth-order valence-corrected chi connectivity index (χ4v) is 5.46. The first-order valence-electron chi connectivity index (χ1n) is 11.0. The molecule has 2 aromatic rings. The number of fused-ring (bicyclic) bond motifs is 1. The summed E-state index contributed by atoms with van der Waals surface area (Å²) in [6, 6.07) is 2.95. The van der Waals surface area contributed by atoms with Crippen LogP contribution in [0.3, 0.4) is 0 Å². The van der Waals surface area contributed by atoms with Gasteiger partial charge in [0.2, 0.25) is 0 Å². The van der Waals surface area contributed by atoms with Gasteiger partial charge in [-0.25, -0.2) is 9.37 Å². The highest BCUT2D eigenvalue weighted by atomic mass is 35.5. The minimum atomic E-state index is -0.598. The van der Waals surface area contributed by atoms with E-state index >= 15 is 0 Å². The Balaban J connectivity index is 1.40. The van der Waals surface area contributed by atoms with Gasteiger partial charge < -0.3 is 19.4 Å². The second-order valence-electron chi connectivity index (χ2n) is 8.22. The SMILES string of the molecule is O=c1[nH]c(CSC2CCN(CCCl)CC2)nc2cc(OCC3CCOCC3)cc(F)c12. The van der Waals surface area contributed by atoms with Gasteiger partial charge in [-0.3, -0.25) is 4.79 Å². The molecule has 0 atom stereocenters. The van der Waals surface area contributed by atoms with Gasteiger partial charge >= 0.3 is 0 Å². The van der Waals surface area contributed by atoms with Crippen molar-refractivity contribution in [2.45, 2.75) is 36.7 Å². The van der Waals surface area contributed by atoms with Gasteiger partial charge in [-0.2, -0.15) is 11.8 Å². The van der Waals surface area contributed by atoms with Crippen molar-refractivity contribution in [3.05, 3.63) is 34.1 Å². The van der Waals surface area contributed by atoms with Crippen LogP contribution in [0.25, 0.3) is 10.9 Å². The molecular formula is C22H29ClFN3O3S. The molecule has 0 unspecified atom stereocenters. The molecule has 31 heavy (non-hydrogen) atoms. The molecule has 1 aromatic carbocycles. The number of benzene rings is 1. The van der Waals surface area contributed by atoms with Crippen molar-refractivity contribution in [3.63, 3.8) is 0 Å². The number of alkyl halides is 1. The molecule has 0 radical (unpaired) electrons. The number of hydrogen-bond acceptors (Lipinski definition) is 6. The third-order valence-corrected chi connectivity index (χ3v) is 7.55. The number of aromatic nitrogens is 2. The van der Waals surface area contributed by atoms with E-state index in [2.05, 4.69) is 14.9 Å². The van der Waals surface area contributed by atoms with Crippen molar-refractivity contribution in [1.82, 2.24) is 14.9 Å². The van der Waals surface area contributed by atoms with Gasteiger partial charge in [0.15, 0.2) is 0 Å². The Morgan fingerprint density at radius 2 is 2.03 bits per heavy atom. The van der Waals surface area contributed by atoms with Gasteiger partial charge in [0, 0.05) is 43.0 Å². The maximum atomic E-state index is 14.6. The van der Waals surface area contributed by atoms with Crippen molar-refractivity contribution in [3.8, 4) is 5.75 Å². The van der Waals surface area contributed by atoms with Gasteiger partial charge in [-0.15, -0.1) is 11.6 Å². The van der Waals surface area contributed by atoms with Crippen LogP contribution in [-0.2, 0) is 10.5 Å². The molecule has 4 rings (SSSR count). The first kappa shape index (κ1) is 22.8. The highest BCUT2D eigenvalue weighted by molar-refractivity contribution is 7.99. The van der Waals surface area contributed by atoms with Crippen LogP contribution in [0.4, 0.5) is 4.39 Å². The third-order valence-electron chi connectivity index (χ3n) is 6.00. The molecular weight excluding hydrogens is 441 g/mol. The largest absolute Gasteiger partial charge is 0.493 e. The predicted octanol–water partition coefficient (Wildman–Crippen LogP) is 3.80. The number of hydrogen-bond donors (Lipinski definition) is 1. The molecule has 2 aliphatic heterocycles. The van der Waals surface area contributed by atoms with Crippen LogP contribution < -0.4 is 10.3 Å². The fourth-order valence-electron chi connectivity index (χ4n) is 4.14. The Labute approximate surface area is 190 Å². The number of rotatable bonds is 8. The maximum absolute atomic E-state index is 14.6. The number of thioether (sulfide) groups is 1. The van der Waals surface area contributed by atoms with Gasteiger partial charge in [0.25, 0.3) is 5.56 Å². The number of H-pyrrole nitrogens is 1. The molecule has 1 N–H and O–H groups in total. The molecule has 9 heteroatoms. The summed E-state index contributed by atoms with van der Waals surface area (Å²) < 4.78 is 25.8. The fraction of sp³-hybridized carbons (Fsp3) is 0.636. The molecule has 0 spiro atoms. The summed E-state index contributed by atoms with van der Waals surface area (Å²) in [5, 5.41) is 0.514. The minimum absolute atomic E-state index is 0.0125. The molecule has 2 aliphatic rings. The summed E-state index contributed by atoms with van der Waals surface area (Å²) in [6.45, 7) is 5.02. The monoisotopic (exact) mass is 469 g/mol. The van der Waals surface area contributed by atoms with Gasteiger partial charge in [-0.1, -0.05) is 0 Å². The van der Waals surface area contributed by atoms with Crippen LogP contribution in [0.15, 0.2) is 16.9 Å². The van der Waals surface area contributed by atoms with Crippen LogP contribution >= 0.6 is 23.4 Å². The summed E-state index contributed by atoms with van der Waals surface area (Å²) in [7, 11) is 0. The van der Waals surface area contributed by atoms with E-state index in [1.807, 2.05) is 0 Å². The molecule has 2 fully saturated rings. The van der Waals surface area contributed by atoms with E-state index in [1.54, 1.807) is 17.8 Å². The summed E-state index contributed by atoms with van der Waals surface area (Å²) in [4.78, 5) is 22.2. The van der Waals surface area contributed by atoms with Crippen molar-refractivity contribution in [2.75, 3.05) is 45.3 Å². The lowest BCUT2D eigenvalue weighted by atomic mass is 10.0. The quantitative estimate of drug-likeness (QED) is 0.593. The lowest BCUT2D eigenvalue weighted by molar-refractivity contribution is 0.0497. The Morgan fingerprint density at radius 1 is 1.26 bits per heavy atom. The lowest BCUT2D eigenvalue weighted by Gasteiger charge is -2.30. The van der Waals surface area contributed by atoms with Gasteiger partial charge in [0.05, 0.1) is 17.9 Å². The predicted molar refractivity (Wildman–Crippen MR) is 123 cm³/mol. The smallest absolute Gasteiger partial charge is 0.261 e. The first-order chi connectivity index (χ1) is 15.1. The molecule has 0 bridgehead atoms. The number of piperidine rings is 1. The van der Waals surface area contributed by atoms with Gasteiger partial charge in [0.1, 0.15) is 22.8 Å². The number of nitrogens with one attached hydrogen (secondary N) is 1. The van der Waals surface area contributed by atoms with Crippen molar-refractivity contribution >= 4 is 34.3 Å². The molecule has 1 aromatic heterocycles. The Bertz CT molecular complexity index is 930. The second kappa shape index (κ2) is 11.0. The van der Waals surface area contributed by atoms with Crippen LogP contribution in [0.5, 0.6) is 5.75 Å². The second-order valence-corrected chi connectivity index (χ2v) is 9.89. The van der Waals surface area contributed by atoms with E-state index in [1.165, 1.54) is 6.07 Å². The first-order valence-corrected chi connectivity index (χ1v) is 12.5. The number of ether oxygens (including phenoxy) is 2. The van der Waals surface area contributed by atoms with Crippen molar-refractivity contribution in [1.29, 1.82) is 0 Å². The lowest BCUT2D eigenvalue weighted by Crippen LogP contribution is -2.36. The minimum Gasteiger partial charge on any atom is -0.493 e. The van der Waals surface area contributed by atoms with Crippen LogP contribution in [0, 0.1) is 11.7 Å². The molecule has 3 heterocycles. The molecule has 6 nitrogen and oxygen atoms in total. The van der Waals surface area contributed by atoms with E-state index in [0.717, 1.165) is 58.5 Å². The summed E-state index contributed by atoms with van der Waals surface area (Å²) in [5.41, 5.74) is -0.0933. The molecule has 0 amide bonds. The van der Waals surface area contributed by atoms with Crippen molar-refractivity contribution < 1.29 is 13.9 Å². The maximum Gasteiger partial charge on any atom is 0.261 e. The standard InChI is InChI=1S/C22H29ClFN3O3S/c23-5-8-27-6-1-17(2-7-27)31-14-20-25-19-12-16(11-18(24)21(19)22(28)26-20)30-13-15-3-9-29-10-4-15/h11-12,15,17H,1-10,13-14H2,(H,25,26,28). The van der Waals surface area contributed by atoms with E-state index in [4.69, 9.17) is 21.1 Å². The normalized spacial score (nSPS) is 19.2.